The van der Waals surface area contributed by atoms with Crippen LogP contribution in [-0.4, -0.2) is 44.5 Å². The number of rotatable bonds is 6. The van der Waals surface area contributed by atoms with Gasteiger partial charge in [0.2, 0.25) is 5.91 Å². The molecule has 1 amide bonds. The smallest absolute Gasteiger partial charge is 0.237 e. The maximum Gasteiger partial charge on any atom is 0.237 e. The van der Waals surface area contributed by atoms with Gasteiger partial charge in [0.15, 0.2) is 11.5 Å². The molecule has 1 aromatic rings. The van der Waals surface area contributed by atoms with Crippen molar-refractivity contribution < 1.29 is 19.1 Å². The Hall–Kier alpha value is -2.08. The lowest BCUT2D eigenvalue weighted by molar-refractivity contribution is -0.129. The first-order chi connectivity index (χ1) is 10.2. The van der Waals surface area contributed by atoms with E-state index in [0.717, 1.165) is 0 Å². The Morgan fingerprint density at radius 1 is 1.38 bits per heavy atom. The Balaban J connectivity index is 1.72. The van der Waals surface area contributed by atoms with Crippen LogP contribution in [-0.2, 0) is 9.59 Å². The number of ketones is 1. The summed E-state index contributed by atoms with van der Waals surface area (Å²) in [7, 11) is 1.58. The van der Waals surface area contributed by atoms with Crippen LogP contribution in [0.4, 0.5) is 0 Å². The Labute approximate surface area is 123 Å². The number of nitrogens with one attached hydrogen (secondary N) is 2. The van der Waals surface area contributed by atoms with Crippen molar-refractivity contribution in [3.8, 4) is 11.5 Å². The molecule has 0 spiro atoms. The van der Waals surface area contributed by atoms with Gasteiger partial charge in [0.1, 0.15) is 12.4 Å². The number of benzene rings is 1. The summed E-state index contributed by atoms with van der Waals surface area (Å²) < 4.78 is 10.7. The van der Waals surface area contributed by atoms with E-state index in [9.17, 15) is 9.59 Å². The molecule has 6 nitrogen and oxygen atoms in total. The fourth-order valence-corrected chi connectivity index (χ4v) is 2.17. The van der Waals surface area contributed by atoms with Crippen molar-refractivity contribution in [1.82, 2.24) is 10.6 Å². The molecule has 1 saturated heterocycles. The summed E-state index contributed by atoms with van der Waals surface area (Å²) in [4.78, 5) is 23.2. The molecule has 21 heavy (non-hydrogen) atoms. The molecule has 1 heterocycles. The summed E-state index contributed by atoms with van der Waals surface area (Å²) in [5.74, 6) is 1.26. The van der Waals surface area contributed by atoms with Gasteiger partial charge in [0.25, 0.3) is 0 Å². The van der Waals surface area contributed by atoms with E-state index in [-0.39, 0.29) is 18.1 Å². The predicted molar refractivity (Wildman–Crippen MR) is 77.5 cm³/mol. The van der Waals surface area contributed by atoms with E-state index in [4.69, 9.17) is 9.47 Å². The highest BCUT2D eigenvalue weighted by atomic mass is 16.5. The Kier molecular flexibility index (Phi) is 5.57. The lowest BCUT2D eigenvalue weighted by Gasteiger charge is -2.21. The van der Waals surface area contributed by atoms with E-state index >= 15 is 0 Å². The number of carbonyl (C=O) groups excluding carboxylic acids is 2. The van der Waals surface area contributed by atoms with Crippen LogP contribution in [0.1, 0.15) is 12.8 Å². The summed E-state index contributed by atoms with van der Waals surface area (Å²) in [6.45, 7) is 1.28. The maximum absolute atomic E-state index is 11.9. The minimum absolute atomic E-state index is 0.124. The molecule has 1 aromatic carbocycles. The van der Waals surface area contributed by atoms with E-state index in [1.165, 1.54) is 0 Å². The third kappa shape index (κ3) is 4.46. The maximum atomic E-state index is 11.9. The quantitative estimate of drug-likeness (QED) is 0.747. The topological polar surface area (TPSA) is 76.7 Å². The summed E-state index contributed by atoms with van der Waals surface area (Å²) in [6, 6.07) is 6.92. The molecule has 1 aliphatic rings. The van der Waals surface area contributed by atoms with Gasteiger partial charge >= 0.3 is 0 Å². The van der Waals surface area contributed by atoms with Crippen LogP contribution in [0.5, 0.6) is 11.5 Å². The fraction of sp³-hybridized carbons (Fsp3) is 0.467. The Bertz CT molecular complexity index is 504. The minimum Gasteiger partial charge on any atom is -0.493 e. The summed E-state index contributed by atoms with van der Waals surface area (Å²) in [5.41, 5.74) is 0. The lowest BCUT2D eigenvalue weighted by Crippen LogP contribution is -2.49. The van der Waals surface area contributed by atoms with Gasteiger partial charge in [-0.25, -0.2) is 0 Å². The zero-order valence-electron chi connectivity index (χ0n) is 12.1. The van der Waals surface area contributed by atoms with Crippen molar-refractivity contribution in [3.63, 3.8) is 0 Å². The van der Waals surface area contributed by atoms with E-state index < -0.39 is 6.04 Å². The van der Waals surface area contributed by atoms with Crippen LogP contribution in [0.25, 0.3) is 0 Å². The van der Waals surface area contributed by atoms with Crippen LogP contribution >= 0.6 is 0 Å². The highest BCUT2D eigenvalue weighted by Gasteiger charge is 2.24. The van der Waals surface area contributed by atoms with E-state index in [1.54, 1.807) is 7.11 Å². The number of para-hydroxylation sites is 2. The van der Waals surface area contributed by atoms with Crippen molar-refractivity contribution in [2.24, 2.45) is 0 Å². The molecule has 1 unspecified atom stereocenters. The molecule has 114 valence electrons. The molecule has 2 rings (SSSR count). The van der Waals surface area contributed by atoms with Crippen molar-refractivity contribution in [3.05, 3.63) is 24.3 Å². The summed E-state index contributed by atoms with van der Waals surface area (Å²) >= 11 is 0. The van der Waals surface area contributed by atoms with Crippen LogP contribution in [0, 0.1) is 0 Å². The molecular formula is C15H20N2O4. The predicted octanol–water partition coefficient (Wildman–Crippen LogP) is 0.511. The number of hydrogen-bond donors (Lipinski definition) is 2. The molecule has 0 aliphatic carbocycles. The Morgan fingerprint density at radius 2 is 2.14 bits per heavy atom. The second-order valence-corrected chi connectivity index (χ2v) is 4.79. The number of methoxy groups -OCH3 is 1. The lowest BCUT2D eigenvalue weighted by atomic mass is 10.0. The van der Waals surface area contributed by atoms with Crippen LogP contribution in [0.2, 0.25) is 0 Å². The number of hydrogen-bond acceptors (Lipinski definition) is 5. The van der Waals surface area contributed by atoms with Crippen molar-refractivity contribution in [1.29, 1.82) is 0 Å². The van der Waals surface area contributed by atoms with Gasteiger partial charge in [0, 0.05) is 19.4 Å². The summed E-state index contributed by atoms with van der Waals surface area (Å²) in [5, 5.41) is 5.79. The van der Waals surface area contributed by atoms with Crippen LogP contribution in [0.15, 0.2) is 24.3 Å². The largest absolute Gasteiger partial charge is 0.493 e. The third-order valence-electron chi connectivity index (χ3n) is 3.27. The average molecular weight is 292 g/mol. The van der Waals surface area contributed by atoms with Gasteiger partial charge in [-0.1, -0.05) is 12.1 Å². The Morgan fingerprint density at radius 3 is 2.86 bits per heavy atom. The fourth-order valence-electron chi connectivity index (χ4n) is 2.17. The molecule has 0 aromatic heterocycles. The molecule has 1 fully saturated rings. The normalized spacial score (nSPS) is 18.1. The second kappa shape index (κ2) is 7.64. The monoisotopic (exact) mass is 292 g/mol. The number of ether oxygens (including phenoxy) is 2. The molecule has 6 heteroatoms. The second-order valence-electron chi connectivity index (χ2n) is 4.79. The first kappa shape index (κ1) is 15.3. The number of carbonyl (C=O) groups is 2. The van der Waals surface area contributed by atoms with Gasteiger partial charge in [-0.2, -0.15) is 0 Å². The van der Waals surface area contributed by atoms with E-state index in [1.807, 2.05) is 24.3 Å². The van der Waals surface area contributed by atoms with Crippen molar-refractivity contribution >= 4 is 11.7 Å². The summed E-state index contributed by atoms with van der Waals surface area (Å²) in [6.07, 6.45) is 0.764. The molecule has 0 saturated carbocycles. The SMILES string of the molecule is COc1ccccc1OCCNC(=O)C1CC(=O)CCN1. The number of piperidine rings is 1. The standard InChI is InChI=1S/C15H20N2O4/c1-20-13-4-2-3-5-14(13)21-9-8-17-15(19)12-10-11(18)6-7-16-12/h2-5,12,16H,6-10H2,1H3,(H,17,19). The van der Waals surface area contributed by atoms with Crippen molar-refractivity contribution in [2.75, 3.05) is 26.8 Å². The molecule has 1 atom stereocenters. The highest BCUT2D eigenvalue weighted by Crippen LogP contribution is 2.25. The molecule has 2 N–H and O–H groups in total. The van der Waals surface area contributed by atoms with Gasteiger partial charge in [-0.3, -0.25) is 9.59 Å². The zero-order valence-corrected chi connectivity index (χ0v) is 12.1. The molecule has 1 aliphatic heterocycles. The molecular weight excluding hydrogens is 272 g/mol. The third-order valence-corrected chi connectivity index (χ3v) is 3.27. The number of Topliss-reactive ketones (excluding diaryl/α,β-unsaturated/α-hetero) is 1. The molecule has 0 bridgehead atoms. The first-order valence-electron chi connectivity index (χ1n) is 6.99. The van der Waals surface area contributed by atoms with Gasteiger partial charge in [0.05, 0.1) is 19.7 Å². The first-order valence-corrected chi connectivity index (χ1v) is 6.99. The van der Waals surface area contributed by atoms with Gasteiger partial charge in [-0.05, 0) is 12.1 Å². The zero-order chi connectivity index (χ0) is 15.1. The number of amides is 1. The van der Waals surface area contributed by atoms with E-state index in [2.05, 4.69) is 10.6 Å². The van der Waals surface area contributed by atoms with Crippen LogP contribution < -0.4 is 20.1 Å². The van der Waals surface area contributed by atoms with Gasteiger partial charge in [-0.15, -0.1) is 0 Å². The highest BCUT2D eigenvalue weighted by molar-refractivity contribution is 5.90. The van der Waals surface area contributed by atoms with Crippen LogP contribution in [0.3, 0.4) is 0 Å². The average Bonchev–Trinajstić information content (AvgIpc) is 2.51. The molecule has 0 radical (unpaired) electrons. The minimum atomic E-state index is -0.419. The van der Waals surface area contributed by atoms with Crippen molar-refractivity contribution in [2.45, 2.75) is 18.9 Å². The van der Waals surface area contributed by atoms with E-state index in [0.29, 0.717) is 37.6 Å². The van der Waals surface area contributed by atoms with Gasteiger partial charge < -0.3 is 20.1 Å².